The Morgan fingerprint density at radius 3 is 2.62 bits per heavy atom. The lowest BCUT2D eigenvalue weighted by molar-refractivity contribution is -0.124. The predicted molar refractivity (Wildman–Crippen MR) is 116 cm³/mol. The minimum Gasteiger partial charge on any atom is -0.490 e. The van der Waals surface area contributed by atoms with Crippen LogP contribution in [-0.2, 0) is 20.4 Å². The maximum absolute atomic E-state index is 14.1. The zero-order valence-electron chi connectivity index (χ0n) is 18.0. The van der Waals surface area contributed by atoms with Gasteiger partial charge in [0.2, 0.25) is 15.9 Å². The van der Waals surface area contributed by atoms with Gasteiger partial charge in [0.25, 0.3) is 0 Å². The van der Waals surface area contributed by atoms with Gasteiger partial charge in [-0.1, -0.05) is 18.2 Å². The van der Waals surface area contributed by atoms with Crippen LogP contribution in [0.25, 0.3) is 0 Å². The number of rotatable bonds is 11. The van der Waals surface area contributed by atoms with Gasteiger partial charge in [0.15, 0.2) is 11.6 Å². The van der Waals surface area contributed by atoms with Crippen molar-refractivity contribution in [1.29, 1.82) is 0 Å². The number of likely N-dealkylation sites (N-methyl/N-ethyl adjacent to an activating group) is 1. The van der Waals surface area contributed by atoms with E-state index in [1.165, 1.54) is 18.0 Å². The number of hydrogen-bond acceptors (Lipinski definition) is 5. The van der Waals surface area contributed by atoms with Gasteiger partial charge in [-0.2, -0.15) is 0 Å². The number of urea groups is 1. The Labute approximate surface area is 187 Å². The van der Waals surface area contributed by atoms with E-state index >= 15 is 0 Å². The molecule has 0 spiro atoms. The maximum Gasteiger partial charge on any atom is 0.327 e. The molecule has 1 aromatic rings. The van der Waals surface area contributed by atoms with Gasteiger partial charge in [-0.05, 0) is 55.7 Å². The average Bonchev–Trinajstić information content (AvgIpc) is 3.66. The van der Waals surface area contributed by atoms with Gasteiger partial charge in [0.05, 0.1) is 17.9 Å². The lowest BCUT2D eigenvalue weighted by atomic mass is 10.1. The first-order valence-corrected chi connectivity index (χ1v) is 12.5. The van der Waals surface area contributed by atoms with E-state index in [-0.39, 0.29) is 43.0 Å². The number of nitrogens with zero attached hydrogens (tertiary/aromatic N) is 2. The highest BCUT2D eigenvalue weighted by atomic mass is 32.2. The number of sulfonamides is 1. The van der Waals surface area contributed by atoms with Gasteiger partial charge in [-0.25, -0.2) is 22.3 Å². The highest BCUT2D eigenvalue weighted by molar-refractivity contribution is 7.89. The molecule has 0 radical (unpaired) electrons. The molecule has 2 aliphatic carbocycles. The zero-order valence-corrected chi connectivity index (χ0v) is 18.9. The summed E-state index contributed by atoms with van der Waals surface area (Å²) in [4.78, 5) is 25.8. The van der Waals surface area contributed by atoms with Crippen molar-refractivity contribution in [2.75, 3.05) is 32.5 Å². The van der Waals surface area contributed by atoms with Crippen molar-refractivity contribution in [2.45, 2.75) is 37.6 Å². The number of imide groups is 1. The lowest BCUT2D eigenvalue weighted by Gasteiger charge is -2.19. The number of halogens is 1. The van der Waals surface area contributed by atoms with Crippen molar-refractivity contribution < 1.29 is 27.1 Å². The van der Waals surface area contributed by atoms with E-state index in [1.807, 2.05) is 0 Å². The number of carbonyl (C=O) groups excluding carboxylic acids is 2. The maximum atomic E-state index is 14.1. The average molecular weight is 466 g/mol. The van der Waals surface area contributed by atoms with Crippen LogP contribution >= 0.6 is 0 Å². The summed E-state index contributed by atoms with van der Waals surface area (Å²) < 4.78 is 47.7. The molecule has 0 aromatic heterocycles. The number of allylic oxidation sites excluding steroid dienone is 1. The topological polar surface area (TPSA) is 96.0 Å². The van der Waals surface area contributed by atoms with Crippen LogP contribution in [0.3, 0.4) is 0 Å². The predicted octanol–water partition coefficient (Wildman–Crippen LogP) is 2.36. The summed E-state index contributed by atoms with van der Waals surface area (Å²) in [5.41, 5.74) is 0.00561. The number of nitrogens with one attached hydrogen (secondary N) is 1. The minimum atomic E-state index is -3.57. The fourth-order valence-corrected chi connectivity index (χ4v) is 5.13. The highest BCUT2D eigenvalue weighted by Gasteiger charge is 2.47. The normalized spacial score (nSPS) is 20.4. The van der Waals surface area contributed by atoms with Crippen molar-refractivity contribution in [3.05, 3.63) is 41.7 Å². The smallest absolute Gasteiger partial charge is 0.327 e. The van der Waals surface area contributed by atoms with E-state index in [1.54, 1.807) is 24.3 Å². The molecule has 32 heavy (non-hydrogen) atoms. The Morgan fingerprint density at radius 2 is 2.00 bits per heavy atom. The third-order valence-corrected chi connectivity index (χ3v) is 7.53. The Kier molecular flexibility index (Phi) is 6.26. The molecule has 4 rings (SSSR count). The van der Waals surface area contributed by atoms with Gasteiger partial charge in [0.1, 0.15) is 6.54 Å². The van der Waals surface area contributed by atoms with Crippen LogP contribution < -0.4 is 9.46 Å². The first-order chi connectivity index (χ1) is 15.2. The van der Waals surface area contributed by atoms with Gasteiger partial charge in [0, 0.05) is 13.6 Å². The monoisotopic (exact) mass is 465 g/mol. The highest BCUT2D eigenvalue weighted by Crippen LogP contribution is 2.47. The largest absolute Gasteiger partial charge is 0.490 e. The third-order valence-electron chi connectivity index (χ3n) is 6.06. The Morgan fingerprint density at radius 1 is 1.25 bits per heavy atom. The summed E-state index contributed by atoms with van der Waals surface area (Å²) >= 11 is 0. The zero-order chi connectivity index (χ0) is 22.9. The fraction of sp³-hybridized carbons (Fsp3) is 0.545. The lowest BCUT2D eigenvalue weighted by Crippen LogP contribution is -2.36. The first kappa shape index (κ1) is 22.7. The summed E-state index contributed by atoms with van der Waals surface area (Å²) in [6, 6.07) is 4.19. The summed E-state index contributed by atoms with van der Waals surface area (Å²) in [7, 11) is -2.14. The molecule has 1 N–H and O–H groups in total. The quantitative estimate of drug-likeness (QED) is 0.400. The SMILES string of the molecule is CN1C(=O)CN(C/C=C/CCS(=O)(=O)NC2(c3ccc(F)c(OCC4CC4)c3)CC2)C1=O. The summed E-state index contributed by atoms with van der Waals surface area (Å²) in [5, 5.41) is 0. The van der Waals surface area contributed by atoms with Gasteiger partial charge >= 0.3 is 6.03 Å². The summed E-state index contributed by atoms with van der Waals surface area (Å²) in [6.07, 6.45) is 7.15. The van der Waals surface area contributed by atoms with Crippen molar-refractivity contribution >= 4 is 22.0 Å². The van der Waals surface area contributed by atoms with Crippen LogP contribution in [0.1, 0.15) is 37.7 Å². The molecule has 1 aromatic carbocycles. The van der Waals surface area contributed by atoms with Crippen molar-refractivity contribution in [2.24, 2.45) is 5.92 Å². The minimum absolute atomic E-state index is 0.0338. The Bertz CT molecular complexity index is 1030. The number of hydrogen-bond donors (Lipinski definition) is 1. The second kappa shape index (κ2) is 8.82. The van der Waals surface area contributed by atoms with Crippen molar-refractivity contribution in [3.8, 4) is 5.75 Å². The first-order valence-electron chi connectivity index (χ1n) is 10.8. The number of carbonyl (C=O) groups is 2. The van der Waals surface area contributed by atoms with Crippen molar-refractivity contribution in [3.63, 3.8) is 0 Å². The molecule has 0 bridgehead atoms. The number of amides is 3. The molecule has 1 aliphatic heterocycles. The molecule has 2 saturated carbocycles. The molecule has 3 amide bonds. The second-order valence-corrected chi connectivity index (χ2v) is 10.6. The Balaban J connectivity index is 1.29. The van der Waals surface area contributed by atoms with Gasteiger partial charge in [-0.3, -0.25) is 9.69 Å². The molecule has 3 aliphatic rings. The van der Waals surface area contributed by atoms with Crippen molar-refractivity contribution in [1.82, 2.24) is 14.5 Å². The fourth-order valence-electron chi connectivity index (χ4n) is 3.67. The van der Waals surface area contributed by atoms with E-state index < -0.39 is 21.4 Å². The van der Waals surface area contributed by atoms with Crippen LogP contribution in [0.5, 0.6) is 5.75 Å². The molecule has 10 heteroatoms. The molecule has 1 saturated heterocycles. The second-order valence-electron chi connectivity index (χ2n) is 8.78. The van der Waals surface area contributed by atoms with Crippen LogP contribution in [0.4, 0.5) is 9.18 Å². The third kappa shape index (κ3) is 5.29. The molecule has 174 valence electrons. The Hall–Kier alpha value is -2.46. The van der Waals surface area contributed by atoms with Crippen LogP contribution in [-0.4, -0.2) is 62.7 Å². The number of ether oxygens (including phenoxy) is 1. The summed E-state index contributed by atoms with van der Waals surface area (Å²) in [6.45, 7) is 0.774. The number of benzene rings is 1. The van der Waals surface area contributed by atoms with E-state index in [4.69, 9.17) is 4.74 Å². The molecular weight excluding hydrogens is 437 g/mol. The van der Waals surface area contributed by atoms with E-state index in [0.717, 1.165) is 17.7 Å². The standard InChI is InChI=1S/C22H28FN3O5S/c1-25-20(27)14-26(21(25)28)11-3-2-4-12-32(29,30)24-22(9-10-22)17-7-8-18(23)19(13-17)31-15-16-5-6-16/h2-3,7-8,13,16,24H,4-6,9-12,14-15H2,1H3/b3-2+. The molecular formula is C22H28FN3O5S. The van der Waals surface area contributed by atoms with Crippen LogP contribution in [0.2, 0.25) is 0 Å². The van der Waals surface area contributed by atoms with Crippen LogP contribution in [0, 0.1) is 11.7 Å². The molecule has 0 unspecified atom stereocenters. The van der Waals surface area contributed by atoms with Gasteiger partial charge < -0.3 is 9.64 Å². The molecule has 0 atom stereocenters. The van der Waals surface area contributed by atoms with E-state index in [9.17, 15) is 22.4 Å². The van der Waals surface area contributed by atoms with E-state index in [0.29, 0.717) is 30.9 Å². The van der Waals surface area contributed by atoms with Gasteiger partial charge in [-0.15, -0.1) is 0 Å². The van der Waals surface area contributed by atoms with E-state index in [2.05, 4.69) is 4.72 Å². The summed E-state index contributed by atoms with van der Waals surface area (Å²) in [5.74, 6) is -0.146. The molecule has 1 heterocycles. The molecule has 3 fully saturated rings. The molecule has 8 nitrogen and oxygen atoms in total. The van der Waals surface area contributed by atoms with Crippen LogP contribution in [0.15, 0.2) is 30.4 Å².